The lowest BCUT2D eigenvalue weighted by Gasteiger charge is -2.23. The molecule has 1 aromatic rings. The molecule has 18 heavy (non-hydrogen) atoms. The zero-order chi connectivity index (χ0) is 13.0. The largest absolute Gasteiger partial charge is 0.371 e. The molecule has 0 bridgehead atoms. The second-order valence-corrected chi connectivity index (χ2v) is 6.29. The Bertz CT molecular complexity index is 361. The first-order valence-corrected chi connectivity index (χ1v) is 8.13. The Hall–Kier alpha value is -0.670. The van der Waals surface area contributed by atoms with Crippen LogP contribution in [0, 0.1) is 0 Å². The van der Waals surface area contributed by atoms with Crippen LogP contribution in [0.4, 0.5) is 5.69 Å². The van der Waals surface area contributed by atoms with Gasteiger partial charge in [0, 0.05) is 30.1 Å². The highest BCUT2D eigenvalue weighted by atomic mass is 32.2. The van der Waals surface area contributed by atoms with Crippen molar-refractivity contribution >= 4 is 17.4 Å². The van der Waals surface area contributed by atoms with Gasteiger partial charge in [-0.2, -0.15) is 11.8 Å². The summed E-state index contributed by atoms with van der Waals surface area (Å²) in [7, 11) is 0. The number of benzene rings is 1. The highest BCUT2D eigenvalue weighted by molar-refractivity contribution is 7.99. The van der Waals surface area contributed by atoms with Gasteiger partial charge < -0.3 is 10.6 Å². The van der Waals surface area contributed by atoms with E-state index in [1.54, 1.807) is 0 Å². The molecule has 1 aliphatic rings. The summed E-state index contributed by atoms with van der Waals surface area (Å²) < 4.78 is 0. The highest BCUT2D eigenvalue weighted by Crippen LogP contribution is 2.25. The van der Waals surface area contributed by atoms with Crippen LogP contribution in [0.2, 0.25) is 0 Å². The monoisotopic (exact) mass is 264 g/mol. The predicted octanol–water partition coefficient (Wildman–Crippen LogP) is 3.43. The third-order valence-corrected chi connectivity index (χ3v) is 4.93. The molecule has 0 aliphatic carbocycles. The topological polar surface area (TPSA) is 29.3 Å². The third-order valence-electron chi connectivity index (χ3n) is 3.79. The summed E-state index contributed by atoms with van der Waals surface area (Å²) in [6, 6.07) is 8.90. The average Bonchev–Trinajstić information content (AvgIpc) is 2.64. The molecule has 1 aromatic carbocycles. The molecule has 1 unspecified atom stereocenters. The SMILES string of the molecule is CSC1CCCN(c2ccc([C@@H](C)N)cc2)CC1. The second-order valence-electron chi connectivity index (χ2n) is 5.16. The van der Waals surface area contributed by atoms with E-state index in [4.69, 9.17) is 5.73 Å². The van der Waals surface area contributed by atoms with Gasteiger partial charge in [0.25, 0.3) is 0 Å². The summed E-state index contributed by atoms with van der Waals surface area (Å²) in [5, 5.41) is 0.846. The Balaban J connectivity index is 2.02. The van der Waals surface area contributed by atoms with E-state index in [0.29, 0.717) is 0 Å². The van der Waals surface area contributed by atoms with E-state index < -0.39 is 0 Å². The van der Waals surface area contributed by atoms with E-state index in [-0.39, 0.29) is 6.04 Å². The van der Waals surface area contributed by atoms with Gasteiger partial charge in [0.15, 0.2) is 0 Å². The predicted molar refractivity (Wildman–Crippen MR) is 82.4 cm³/mol. The fraction of sp³-hybridized carbons (Fsp3) is 0.600. The van der Waals surface area contributed by atoms with Crippen molar-refractivity contribution in [2.24, 2.45) is 5.73 Å². The third kappa shape index (κ3) is 3.42. The summed E-state index contributed by atoms with van der Waals surface area (Å²) in [6.07, 6.45) is 6.20. The van der Waals surface area contributed by atoms with Crippen LogP contribution in [0.15, 0.2) is 24.3 Å². The Morgan fingerprint density at radius 1 is 1.22 bits per heavy atom. The second kappa shape index (κ2) is 6.48. The van der Waals surface area contributed by atoms with Crippen molar-refractivity contribution in [2.45, 2.75) is 37.5 Å². The zero-order valence-electron chi connectivity index (χ0n) is 11.4. The van der Waals surface area contributed by atoms with Crippen molar-refractivity contribution in [1.82, 2.24) is 0 Å². The molecular weight excluding hydrogens is 240 g/mol. The van der Waals surface area contributed by atoms with Crippen LogP contribution in [-0.2, 0) is 0 Å². The maximum Gasteiger partial charge on any atom is 0.0366 e. The van der Waals surface area contributed by atoms with Gasteiger partial charge >= 0.3 is 0 Å². The molecular formula is C15H24N2S. The number of hydrogen-bond acceptors (Lipinski definition) is 3. The molecule has 2 rings (SSSR count). The van der Waals surface area contributed by atoms with Gasteiger partial charge in [-0.3, -0.25) is 0 Å². The number of rotatable bonds is 3. The molecule has 0 amide bonds. The van der Waals surface area contributed by atoms with Gasteiger partial charge in [0.05, 0.1) is 0 Å². The Labute approximate surface area is 115 Å². The van der Waals surface area contributed by atoms with E-state index in [1.165, 1.54) is 43.6 Å². The van der Waals surface area contributed by atoms with Crippen molar-refractivity contribution in [3.63, 3.8) is 0 Å². The minimum Gasteiger partial charge on any atom is -0.371 e. The van der Waals surface area contributed by atoms with Crippen molar-refractivity contribution in [2.75, 3.05) is 24.2 Å². The van der Waals surface area contributed by atoms with Crippen LogP contribution in [0.1, 0.15) is 37.8 Å². The van der Waals surface area contributed by atoms with Crippen LogP contribution in [-0.4, -0.2) is 24.6 Å². The number of anilines is 1. The lowest BCUT2D eigenvalue weighted by molar-refractivity contribution is 0.745. The fourth-order valence-corrected chi connectivity index (χ4v) is 3.29. The molecule has 2 N–H and O–H groups in total. The first kappa shape index (κ1) is 13.8. The number of hydrogen-bond donors (Lipinski definition) is 1. The normalized spacial score (nSPS) is 22.6. The minimum absolute atomic E-state index is 0.129. The lowest BCUT2D eigenvalue weighted by atomic mass is 10.1. The smallest absolute Gasteiger partial charge is 0.0366 e. The van der Waals surface area contributed by atoms with E-state index in [2.05, 4.69) is 35.4 Å². The molecule has 3 heteroatoms. The van der Waals surface area contributed by atoms with Crippen molar-refractivity contribution in [3.8, 4) is 0 Å². The van der Waals surface area contributed by atoms with Gasteiger partial charge in [-0.1, -0.05) is 12.1 Å². The van der Waals surface area contributed by atoms with E-state index in [9.17, 15) is 0 Å². The molecule has 2 atom stereocenters. The Kier molecular flexibility index (Phi) is 4.95. The number of nitrogens with two attached hydrogens (primary N) is 1. The molecule has 1 aliphatic heterocycles. The first-order chi connectivity index (χ1) is 8.70. The van der Waals surface area contributed by atoms with Gasteiger partial charge in [-0.15, -0.1) is 0 Å². The first-order valence-electron chi connectivity index (χ1n) is 6.84. The van der Waals surface area contributed by atoms with Crippen LogP contribution in [0.25, 0.3) is 0 Å². The Morgan fingerprint density at radius 2 is 1.94 bits per heavy atom. The molecule has 100 valence electrons. The quantitative estimate of drug-likeness (QED) is 0.907. The molecule has 0 radical (unpaired) electrons. The summed E-state index contributed by atoms with van der Waals surface area (Å²) >= 11 is 2.02. The number of nitrogens with zero attached hydrogens (tertiary/aromatic N) is 1. The molecule has 0 saturated carbocycles. The van der Waals surface area contributed by atoms with Crippen LogP contribution in [0.5, 0.6) is 0 Å². The van der Waals surface area contributed by atoms with Gasteiger partial charge in [0.1, 0.15) is 0 Å². The maximum absolute atomic E-state index is 5.89. The minimum atomic E-state index is 0.129. The summed E-state index contributed by atoms with van der Waals surface area (Å²) in [4.78, 5) is 2.52. The molecule has 1 fully saturated rings. The molecule has 0 spiro atoms. The molecule has 0 aromatic heterocycles. The molecule has 1 heterocycles. The lowest BCUT2D eigenvalue weighted by Crippen LogP contribution is -2.24. The van der Waals surface area contributed by atoms with E-state index >= 15 is 0 Å². The summed E-state index contributed by atoms with van der Waals surface area (Å²) in [6.45, 7) is 4.40. The van der Waals surface area contributed by atoms with Crippen LogP contribution < -0.4 is 10.6 Å². The Morgan fingerprint density at radius 3 is 2.56 bits per heavy atom. The van der Waals surface area contributed by atoms with Crippen LogP contribution in [0.3, 0.4) is 0 Å². The van der Waals surface area contributed by atoms with Gasteiger partial charge in [-0.05, 0) is 50.1 Å². The van der Waals surface area contributed by atoms with Gasteiger partial charge in [0.2, 0.25) is 0 Å². The highest BCUT2D eigenvalue weighted by Gasteiger charge is 2.16. The van der Waals surface area contributed by atoms with Crippen molar-refractivity contribution in [1.29, 1.82) is 0 Å². The molecule has 1 saturated heterocycles. The van der Waals surface area contributed by atoms with Crippen molar-refractivity contribution < 1.29 is 0 Å². The fourth-order valence-electron chi connectivity index (χ4n) is 2.55. The standard InChI is InChI=1S/C15H24N2S/c1-12(16)13-5-7-14(8-6-13)17-10-3-4-15(18-2)9-11-17/h5-8,12,15H,3-4,9-11,16H2,1-2H3/t12-,15?/m1/s1. The summed E-state index contributed by atoms with van der Waals surface area (Å²) in [5.74, 6) is 0. The zero-order valence-corrected chi connectivity index (χ0v) is 12.2. The average molecular weight is 264 g/mol. The molecule has 2 nitrogen and oxygen atoms in total. The van der Waals surface area contributed by atoms with Crippen LogP contribution >= 0.6 is 11.8 Å². The van der Waals surface area contributed by atoms with E-state index in [0.717, 1.165) is 5.25 Å². The van der Waals surface area contributed by atoms with E-state index in [1.807, 2.05) is 18.7 Å². The van der Waals surface area contributed by atoms with Crippen molar-refractivity contribution in [3.05, 3.63) is 29.8 Å². The van der Waals surface area contributed by atoms with Gasteiger partial charge in [-0.25, -0.2) is 0 Å². The summed E-state index contributed by atoms with van der Waals surface area (Å²) in [5.41, 5.74) is 8.45. The number of thioether (sulfide) groups is 1. The maximum atomic E-state index is 5.89.